The van der Waals surface area contributed by atoms with Crippen molar-refractivity contribution >= 4 is 68.6 Å². The van der Waals surface area contributed by atoms with Gasteiger partial charge in [0.2, 0.25) is 5.91 Å². The predicted octanol–water partition coefficient (Wildman–Crippen LogP) is 2.81. The number of carbonyl (C=O) groups is 1. The van der Waals surface area contributed by atoms with Gasteiger partial charge in [-0.2, -0.15) is 25.3 Å². The molecule has 0 unspecified atom stereocenters. The molecule has 0 radical (unpaired) electrons. The zero-order valence-corrected chi connectivity index (χ0v) is 22.2. The molecule has 0 saturated carbocycles. The number of rotatable bonds is 10. The van der Waals surface area contributed by atoms with E-state index in [2.05, 4.69) is 0 Å². The average molecular weight is 585 g/mol. The third-order valence-corrected chi connectivity index (χ3v) is 9.15. The number of hydrogen-bond donors (Lipinski definition) is 5. The number of unbranched alkanes of at least 4 members (excludes halogenated alkanes) is 3. The van der Waals surface area contributed by atoms with Crippen molar-refractivity contribution in [3.8, 4) is 0 Å². The van der Waals surface area contributed by atoms with Gasteiger partial charge >= 0.3 is 0 Å². The van der Waals surface area contributed by atoms with Crippen LogP contribution in [0.3, 0.4) is 0 Å². The molecule has 0 aliphatic heterocycles. The van der Waals surface area contributed by atoms with Crippen LogP contribution in [0.5, 0.6) is 0 Å². The fourth-order valence-electron chi connectivity index (χ4n) is 4.84. The molecule has 0 spiro atoms. The first-order chi connectivity index (χ1) is 17.6. The van der Waals surface area contributed by atoms with Gasteiger partial charge in [-0.3, -0.25) is 23.9 Å². The van der Waals surface area contributed by atoms with Crippen LogP contribution in [0.2, 0.25) is 0 Å². The molecule has 15 heteroatoms. The minimum absolute atomic E-state index is 0.00548. The zero-order valence-electron chi connectivity index (χ0n) is 19.7. The summed E-state index contributed by atoms with van der Waals surface area (Å²) < 4.78 is 103. The van der Waals surface area contributed by atoms with Gasteiger partial charge in [-0.05, 0) is 47.7 Å². The molecule has 12 nitrogen and oxygen atoms in total. The number of amides is 1. The van der Waals surface area contributed by atoms with Crippen molar-refractivity contribution < 1.29 is 43.7 Å². The van der Waals surface area contributed by atoms with E-state index < -0.39 is 45.0 Å². The Hall–Kier alpha value is -2.92. The fraction of sp³-hybridized carbons (Fsp3) is 0.261. The van der Waals surface area contributed by atoms with Crippen molar-refractivity contribution in [2.75, 3.05) is 0 Å². The van der Waals surface area contributed by atoms with Crippen molar-refractivity contribution in [2.24, 2.45) is 5.84 Å². The van der Waals surface area contributed by atoms with Crippen LogP contribution >= 0.6 is 0 Å². The van der Waals surface area contributed by atoms with Crippen LogP contribution in [0, 0.1) is 0 Å². The highest BCUT2D eigenvalue weighted by Gasteiger charge is 2.27. The van der Waals surface area contributed by atoms with E-state index in [1.54, 1.807) is 0 Å². The van der Waals surface area contributed by atoms with Crippen molar-refractivity contribution in [1.82, 2.24) is 5.43 Å². The van der Waals surface area contributed by atoms with Crippen LogP contribution in [0.1, 0.15) is 37.7 Å². The number of hydrazine groups is 1. The van der Waals surface area contributed by atoms with Crippen molar-refractivity contribution in [2.45, 2.75) is 53.2 Å². The molecule has 0 aromatic heterocycles. The highest BCUT2D eigenvalue weighted by atomic mass is 32.2. The molecule has 0 bridgehead atoms. The summed E-state index contributed by atoms with van der Waals surface area (Å²) in [6.07, 6.45) is 3.14. The number of nitrogens with two attached hydrogens (primary N) is 1. The molecule has 4 aromatic rings. The molecule has 0 heterocycles. The van der Waals surface area contributed by atoms with E-state index in [9.17, 15) is 43.7 Å². The first-order valence-corrected chi connectivity index (χ1v) is 15.7. The average Bonchev–Trinajstić information content (AvgIpc) is 2.82. The number of carbonyl (C=O) groups excluding carboxylic acids is 1. The van der Waals surface area contributed by atoms with Crippen LogP contribution in [0.25, 0.3) is 32.3 Å². The molecule has 38 heavy (non-hydrogen) atoms. The summed E-state index contributed by atoms with van der Waals surface area (Å²) in [5.74, 6) is 4.77. The lowest BCUT2D eigenvalue weighted by atomic mass is 9.90. The van der Waals surface area contributed by atoms with Crippen molar-refractivity contribution in [3.63, 3.8) is 0 Å². The van der Waals surface area contributed by atoms with E-state index in [-0.39, 0.29) is 39.3 Å². The van der Waals surface area contributed by atoms with Gasteiger partial charge < -0.3 is 0 Å². The molecular formula is C23H24N2O10S3. The zero-order chi connectivity index (χ0) is 28.0. The second-order valence-electron chi connectivity index (χ2n) is 8.88. The molecule has 0 aliphatic carbocycles. The van der Waals surface area contributed by atoms with Crippen LogP contribution in [-0.4, -0.2) is 44.8 Å². The first kappa shape index (κ1) is 28.1. The molecular weight excluding hydrogens is 560 g/mol. The van der Waals surface area contributed by atoms with E-state index in [0.717, 1.165) is 0 Å². The van der Waals surface area contributed by atoms with Gasteiger partial charge in [0.05, 0.1) is 0 Å². The van der Waals surface area contributed by atoms with Crippen molar-refractivity contribution in [1.29, 1.82) is 0 Å². The molecule has 0 saturated heterocycles. The Balaban J connectivity index is 1.97. The maximum Gasteiger partial charge on any atom is 0.295 e. The van der Waals surface area contributed by atoms with E-state index in [1.165, 1.54) is 30.3 Å². The maximum absolute atomic E-state index is 12.3. The Morgan fingerprint density at radius 1 is 0.658 bits per heavy atom. The monoisotopic (exact) mass is 584 g/mol. The van der Waals surface area contributed by atoms with Gasteiger partial charge in [0.1, 0.15) is 14.7 Å². The Morgan fingerprint density at radius 3 is 1.55 bits per heavy atom. The molecule has 204 valence electrons. The normalized spacial score (nSPS) is 13.1. The lowest BCUT2D eigenvalue weighted by molar-refractivity contribution is -0.121. The van der Waals surface area contributed by atoms with Crippen LogP contribution in [-0.2, 0) is 41.6 Å². The summed E-state index contributed by atoms with van der Waals surface area (Å²) in [6.45, 7) is 0. The van der Waals surface area contributed by atoms with Gasteiger partial charge in [-0.1, -0.05) is 37.1 Å². The molecule has 1 amide bonds. The number of aryl methyl sites for hydroxylation is 1. The lowest BCUT2D eigenvalue weighted by Crippen LogP contribution is -2.29. The Bertz CT molecular complexity index is 1850. The number of hydrogen-bond acceptors (Lipinski definition) is 8. The highest BCUT2D eigenvalue weighted by Crippen LogP contribution is 2.43. The minimum atomic E-state index is -4.97. The number of nitrogens with one attached hydrogen (secondary N) is 1. The van der Waals surface area contributed by atoms with Gasteiger partial charge in [0.25, 0.3) is 30.4 Å². The molecule has 0 atom stereocenters. The minimum Gasteiger partial charge on any atom is -0.294 e. The van der Waals surface area contributed by atoms with Gasteiger partial charge in [0, 0.05) is 28.0 Å². The summed E-state index contributed by atoms with van der Waals surface area (Å²) in [6, 6.07) is 7.31. The summed E-state index contributed by atoms with van der Waals surface area (Å²) in [4.78, 5) is 9.23. The summed E-state index contributed by atoms with van der Waals surface area (Å²) >= 11 is 0. The standard InChI is InChI=1S/C23H24N2O10S3/c24-25-21(26)6-4-2-1-3-5-13-11-18(36(27,28)29)15-9-10-17-20(38(33,34)35)12-19(37(30,31)32)16-8-7-14(13)22(15)23(16)17/h7-12H,1-6,24H2,(H,25,26)(H,27,28,29)(H,30,31,32)(H,33,34,35). The third-order valence-electron chi connectivity index (χ3n) is 6.47. The SMILES string of the molecule is NNC(=O)CCCCCCc1cc(S(=O)(=O)O)c2ccc3c(S(=O)(=O)O)cc(S(=O)(=O)O)c4ccc1c2c43. The van der Waals surface area contributed by atoms with Crippen LogP contribution in [0.15, 0.2) is 51.1 Å². The van der Waals surface area contributed by atoms with E-state index in [1.807, 2.05) is 5.43 Å². The highest BCUT2D eigenvalue weighted by molar-refractivity contribution is 7.87. The predicted molar refractivity (Wildman–Crippen MR) is 139 cm³/mol. The molecule has 0 fully saturated rings. The van der Waals surface area contributed by atoms with Crippen molar-refractivity contribution in [3.05, 3.63) is 42.0 Å². The molecule has 4 aromatic carbocycles. The van der Waals surface area contributed by atoms with Crippen LogP contribution < -0.4 is 11.3 Å². The van der Waals surface area contributed by atoms with E-state index in [4.69, 9.17) is 5.84 Å². The number of benzene rings is 4. The Morgan fingerprint density at radius 2 is 1.08 bits per heavy atom. The van der Waals surface area contributed by atoms with Gasteiger partial charge in [0.15, 0.2) is 0 Å². The topological polar surface area (TPSA) is 218 Å². The lowest BCUT2D eigenvalue weighted by Gasteiger charge is -2.18. The molecule has 6 N–H and O–H groups in total. The van der Waals surface area contributed by atoms with E-state index in [0.29, 0.717) is 49.1 Å². The second kappa shape index (κ2) is 10.00. The molecule has 0 aliphatic rings. The summed E-state index contributed by atoms with van der Waals surface area (Å²) in [5, 5.41) is 0.435. The van der Waals surface area contributed by atoms with E-state index >= 15 is 0 Å². The van der Waals surface area contributed by atoms with Gasteiger partial charge in [-0.25, -0.2) is 5.84 Å². The maximum atomic E-state index is 12.3. The fourth-order valence-corrected chi connectivity index (χ4v) is 7.08. The summed E-state index contributed by atoms with van der Waals surface area (Å²) in [5.41, 5.74) is 2.54. The largest absolute Gasteiger partial charge is 0.295 e. The van der Waals surface area contributed by atoms with Crippen LogP contribution in [0.4, 0.5) is 0 Å². The third kappa shape index (κ3) is 5.31. The Kier molecular flexibility index (Phi) is 7.39. The Labute approximate surface area is 218 Å². The summed E-state index contributed by atoms with van der Waals surface area (Å²) in [7, 11) is -14.7. The molecule has 4 rings (SSSR count). The smallest absolute Gasteiger partial charge is 0.294 e. The van der Waals surface area contributed by atoms with Gasteiger partial charge in [-0.15, -0.1) is 0 Å². The quantitative estimate of drug-likeness (QED) is 0.0455. The first-order valence-electron chi connectivity index (χ1n) is 11.3. The second-order valence-corrected chi connectivity index (χ2v) is 13.1.